The fourth-order valence-electron chi connectivity index (χ4n) is 6.17. The minimum atomic E-state index is -0.908. The summed E-state index contributed by atoms with van der Waals surface area (Å²) < 4.78 is 0. The molecule has 1 aromatic heterocycles. The number of rotatable bonds is 8. The summed E-state index contributed by atoms with van der Waals surface area (Å²) in [4.78, 5) is 30.1. The average molecular weight is 527 g/mol. The quantitative estimate of drug-likeness (QED) is 0.298. The lowest BCUT2D eigenvalue weighted by molar-refractivity contribution is -0.113. The number of carbonyl (C=O) groups is 2. The lowest BCUT2D eigenvalue weighted by Crippen LogP contribution is -2.48. The minimum Gasteiger partial charge on any atom is -0.465 e. The number of amides is 1. The van der Waals surface area contributed by atoms with Crippen LogP contribution < -0.4 is 11.1 Å². The predicted octanol–water partition coefficient (Wildman–Crippen LogP) is 6.29. The predicted molar refractivity (Wildman–Crippen MR) is 154 cm³/mol. The Labute approximate surface area is 230 Å². The number of carbonyl (C=O) groups excluding carboxylic acids is 1. The van der Waals surface area contributed by atoms with Gasteiger partial charge >= 0.3 is 6.09 Å². The van der Waals surface area contributed by atoms with Crippen LogP contribution in [0.1, 0.15) is 57.4 Å². The summed E-state index contributed by atoms with van der Waals surface area (Å²) in [7, 11) is 1.62. The highest BCUT2D eigenvalue weighted by atomic mass is 16.4. The number of nitrogens with two attached hydrogens (primary N) is 1. The molecule has 2 aromatic carbocycles. The number of aldehydes is 1. The van der Waals surface area contributed by atoms with Gasteiger partial charge in [-0.25, -0.2) is 4.79 Å². The second kappa shape index (κ2) is 10.8. The van der Waals surface area contributed by atoms with E-state index < -0.39 is 11.6 Å². The van der Waals surface area contributed by atoms with Gasteiger partial charge in [0, 0.05) is 29.8 Å². The van der Waals surface area contributed by atoms with E-state index in [1.807, 2.05) is 25.1 Å². The molecule has 204 valence electrons. The highest BCUT2D eigenvalue weighted by Gasteiger charge is 2.38. The molecule has 7 nitrogen and oxygen atoms in total. The van der Waals surface area contributed by atoms with E-state index in [0.717, 1.165) is 72.9 Å². The molecular weight excluding hydrogens is 488 g/mol. The zero-order chi connectivity index (χ0) is 27.6. The molecule has 5 rings (SSSR count). The van der Waals surface area contributed by atoms with E-state index in [2.05, 4.69) is 47.8 Å². The maximum atomic E-state index is 12.4. The van der Waals surface area contributed by atoms with Crippen molar-refractivity contribution in [3.63, 3.8) is 0 Å². The van der Waals surface area contributed by atoms with Crippen molar-refractivity contribution in [2.45, 2.75) is 69.0 Å². The topological polar surface area (TPSA) is 109 Å². The van der Waals surface area contributed by atoms with Crippen LogP contribution >= 0.6 is 0 Å². The Morgan fingerprint density at radius 2 is 1.74 bits per heavy atom. The highest BCUT2D eigenvalue weighted by molar-refractivity contribution is 5.83. The van der Waals surface area contributed by atoms with Crippen LogP contribution in [0.5, 0.6) is 0 Å². The number of pyridine rings is 1. The van der Waals surface area contributed by atoms with Crippen LogP contribution in [0.15, 0.2) is 66.9 Å². The molecular formula is C32H38N4O3. The monoisotopic (exact) mass is 526 g/mol. The van der Waals surface area contributed by atoms with Gasteiger partial charge in [0.1, 0.15) is 6.29 Å². The third-order valence-electron chi connectivity index (χ3n) is 9.00. The van der Waals surface area contributed by atoms with Gasteiger partial charge in [0.2, 0.25) is 0 Å². The first-order valence-electron chi connectivity index (χ1n) is 13.9. The van der Waals surface area contributed by atoms with Crippen molar-refractivity contribution in [2.75, 3.05) is 12.4 Å². The summed E-state index contributed by atoms with van der Waals surface area (Å²) in [5.74, 6) is 0.0935. The minimum absolute atomic E-state index is 0.00915. The van der Waals surface area contributed by atoms with E-state index in [1.165, 1.54) is 16.9 Å². The summed E-state index contributed by atoms with van der Waals surface area (Å²) in [6, 6.07) is 20.7. The molecule has 0 aliphatic heterocycles. The standard InChI is InChI=1S/C32H38N4O3/c1-31(21-37,24-13-15-27(16-14-24)36(2)30(38)39)35-26-19-28(22-7-4-3-5-8-22)29(34-20-26)23-9-11-25(12-10-23)32(33)17-6-18-32/h3-5,7-12,19-21,24,27,35H,6,13-18,33H2,1-2H3,(H,38,39). The van der Waals surface area contributed by atoms with Crippen molar-refractivity contribution in [1.82, 2.24) is 9.88 Å². The van der Waals surface area contributed by atoms with Gasteiger partial charge < -0.3 is 25.9 Å². The van der Waals surface area contributed by atoms with Crippen LogP contribution in [0.2, 0.25) is 0 Å². The zero-order valence-electron chi connectivity index (χ0n) is 22.8. The van der Waals surface area contributed by atoms with Crippen molar-refractivity contribution in [3.05, 3.63) is 72.4 Å². The Morgan fingerprint density at radius 1 is 1.08 bits per heavy atom. The first-order valence-corrected chi connectivity index (χ1v) is 13.9. The SMILES string of the molecule is CN(C(=O)O)C1CCC(C(C)(C=O)Nc2cnc(-c3ccc(C4(N)CCC4)cc3)c(-c3ccccc3)c2)CC1. The second-order valence-corrected chi connectivity index (χ2v) is 11.5. The molecule has 3 aromatic rings. The number of nitrogens with zero attached hydrogens (tertiary/aromatic N) is 2. The van der Waals surface area contributed by atoms with Gasteiger partial charge in [-0.3, -0.25) is 4.98 Å². The maximum Gasteiger partial charge on any atom is 0.407 e. The fourth-order valence-corrected chi connectivity index (χ4v) is 6.17. The Bertz CT molecular complexity index is 1320. The molecule has 0 spiro atoms. The van der Waals surface area contributed by atoms with E-state index in [1.54, 1.807) is 13.2 Å². The van der Waals surface area contributed by atoms with Crippen molar-refractivity contribution < 1.29 is 14.7 Å². The zero-order valence-corrected chi connectivity index (χ0v) is 22.8. The second-order valence-electron chi connectivity index (χ2n) is 11.5. The third-order valence-corrected chi connectivity index (χ3v) is 9.00. The van der Waals surface area contributed by atoms with Gasteiger partial charge in [0.25, 0.3) is 0 Å². The molecule has 2 saturated carbocycles. The molecule has 0 radical (unpaired) electrons. The molecule has 39 heavy (non-hydrogen) atoms. The largest absolute Gasteiger partial charge is 0.465 e. The molecule has 1 heterocycles. The third kappa shape index (κ3) is 5.41. The Balaban J connectivity index is 1.41. The molecule has 1 unspecified atom stereocenters. The number of carboxylic acid groups (broad SMARTS) is 1. The Morgan fingerprint density at radius 3 is 2.31 bits per heavy atom. The Hall–Kier alpha value is -3.71. The van der Waals surface area contributed by atoms with Gasteiger partial charge in [-0.15, -0.1) is 0 Å². The summed E-state index contributed by atoms with van der Waals surface area (Å²) in [6.07, 6.45) is 8.14. The summed E-state index contributed by atoms with van der Waals surface area (Å²) in [6.45, 7) is 1.93. The summed E-state index contributed by atoms with van der Waals surface area (Å²) in [5, 5.41) is 12.8. The van der Waals surface area contributed by atoms with E-state index in [-0.39, 0.29) is 17.5 Å². The van der Waals surface area contributed by atoms with E-state index in [4.69, 9.17) is 10.7 Å². The summed E-state index contributed by atoms with van der Waals surface area (Å²) in [5.41, 5.74) is 11.4. The summed E-state index contributed by atoms with van der Waals surface area (Å²) >= 11 is 0. The van der Waals surface area contributed by atoms with Crippen LogP contribution in [0.3, 0.4) is 0 Å². The first kappa shape index (κ1) is 26.9. The van der Waals surface area contributed by atoms with E-state index in [0.29, 0.717) is 0 Å². The smallest absolute Gasteiger partial charge is 0.407 e. The van der Waals surface area contributed by atoms with Gasteiger partial charge in [-0.1, -0.05) is 54.6 Å². The first-order chi connectivity index (χ1) is 18.7. The normalized spacial score (nSPS) is 21.7. The lowest BCUT2D eigenvalue weighted by atomic mass is 9.72. The van der Waals surface area contributed by atoms with Crippen LogP contribution in [-0.2, 0) is 10.3 Å². The highest BCUT2D eigenvalue weighted by Crippen LogP contribution is 2.41. The van der Waals surface area contributed by atoms with Gasteiger partial charge in [-0.2, -0.15) is 0 Å². The van der Waals surface area contributed by atoms with Crippen molar-refractivity contribution in [2.24, 2.45) is 11.7 Å². The molecule has 7 heteroatoms. The maximum absolute atomic E-state index is 12.4. The Kier molecular flexibility index (Phi) is 7.45. The number of anilines is 1. The number of aromatic nitrogens is 1. The molecule has 2 aliphatic carbocycles. The molecule has 1 amide bonds. The van der Waals surface area contributed by atoms with Crippen LogP contribution in [-0.4, -0.2) is 46.0 Å². The molecule has 0 saturated heterocycles. The molecule has 1 atom stereocenters. The number of hydrogen-bond acceptors (Lipinski definition) is 5. The van der Waals surface area contributed by atoms with Crippen LogP contribution in [0.25, 0.3) is 22.4 Å². The molecule has 2 fully saturated rings. The number of hydrogen-bond donors (Lipinski definition) is 3. The number of nitrogens with one attached hydrogen (secondary N) is 1. The van der Waals surface area contributed by atoms with Crippen molar-refractivity contribution in [3.8, 4) is 22.4 Å². The molecule has 2 aliphatic rings. The van der Waals surface area contributed by atoms with Crippen LogP contribution in [0, 0.1) is 5.92 Å². The number of benzene rings is 2. The van der Waals surface area contributed by atoms with E-state index in [9.17, 15) is 14.7 Å². The van der Waals surface area contributed by atoms with E-state index >= 15 is 0 Å². The molecule has 0 bridgehead atoms. The van der Waals surface area contributed by atoms with Crippen LogP contribution in [0.4, 0.5) is 10.5 Å². The van der Waals surface area contributed by atoms with Gasteiger partial charge in [0.15, 0.2) is 0 Å². The van der Waals surface area contributed by atoms with Gasteiger partial charge in [-0.05, 0) is 75.0 Å². The van der Waals surface area contributed by atoms with Crippen molar-refractivity contribution >= 4 is 18.1 Å². The lowest BCUT2D eigenvalue weighted by Gasteiger charge is -2.40. The molecule has 4 N–H and O–H groups in total. The van der Waals surface area contributed by atoms with Crippen molar-refractivity contribution in [1.29, 1.82) is 0 Å². The van der Waals surface area contributed by atoms with Gasteiger partial charge in [0.05, 0.1) is 23.1 Å². The average Bonchev–Trinajstić information content (AvgIpc) is 2.96. The fraction of sp³-hybridized carbons (Fsp3) is 0.406.